The van der Waals surface area contributed by atoms with E-state index in [4.69, 9.17) is 21.4 Å². The minimum absolute atomic E-state index is 0.00875. The van der Waals surface area contributed by atoms with Gasteiger partial charge in [0.1, 0.15) is 5.75 Å². The van der Waals surface area contributed by atoms with Crippen LogP contribution in [-0.4, -0.2) is 33.4 Å². The molecule has 0 saturated heterocycles. The van der Waals surface area contributed by atoms with Crippen molar-refractivity contribution in [3.8, 4) is 5.75 Å². The summed E-state index contributed by atoms with van der Waals surface area (Å²) in [5.41, 5.74) is -2.88. The van der Waals surface area contributed by atoms with Crippen molar-refractivity contribution in [1.29, 1.82) is 0 Å². The Morgan fingerprint density at radius 2 is 1.74 bits per heavy atom. The first-order chi connectivity index (χ1) is 10.9. The predicted molar refractivity (Wildman–Crippen MR) is 81.1 cm³/mol. The minimum atomic E-state index is -2.77. The molecule has 0 fully saturated rings. The largest absolute Gasteiger partial charge is 0.479 e. The van der Waals surface area contributed by atoms with Crippen LogP contribution in [0.5, 0.6) is 5.75 Å². The van der Waals surface area contributed by atoms with E-state index >= 15 is 0 Å². The highest BCUT2D eigenvalue weighted by molar-refractivity contribution is 6.30. The Bertz CT molecular complexity index is 718. The summed E-state index contributed by atoms with van der Waals surface area (Å²) in [6, 6.07) is 13.0. The lowest BCUT2D eigenvalue weighted by atomic mass is 9.88. The van der Waals surface area contributed by atoms with Crippen LogP contribution < -0.4 is 4.74 Å². The Kier molecular flexibility index (Phi) is 5.00. The number of aliphatic hydroxyl groups is 2. The van der Waals surface area contributed by atoms with Crippen LogP contribution in [0.15, 0.2) is 54.6 Å². The van der Waals surface area contributed by atoms with Crippen molar-refractivity contribution >= 4 is 23.5 Å². The van der Waals surface area contributed by atoms with Gasteiger partial charge in [0.2, 0.25) is 5.60 Å². The quantitative estimate of drug-likeness (QED) is 0.565. The highest BCUT2D eigenvalue weighted by Crippen LogP contribution is 2.29. The Morgan fingerprint density at radius 1 is 1.09 bits per heavy atom. The molecule has 0 radical (unpaired) electrons. The lowest BCUT2D eigenvalue weighted by Gasteiger charge is -2.28. The number of esters is 1. The van der Waals surface area contributed by atoms with Crippen LogP contribution in [0.1, 0.15) is 5.56 Å². The number of halogens is 1. The summed E-state index contributed by atoms with van der Waals surface area (Å²) in [5, 5.41) is 29.7. The minimum Gasteiger partial charge on any atom is -0.479 e. The van der Waals surface area contributed by atoms with E-state index in [-0.39, 0.29) is 16.3 Å². The van der Waals surface area contributed by atoms with Gasteiger partial charge in [0.15, 0.2) is 6.10 Å². The summed E-state index contributed by atoms with van der Waals surface area (Å²) < 4.78 is 4.99. The van der Waals surface area contributed by atoms with Crippen molar-refractivity contribution < 1.29 is 29.6 Å². The van der Waals surface area contributed by atoms with Crippen LogP contribution in [0.3, 0.4) is 0 Å². The molecule has 0 aromatic heterocycles. The van der Waals surface area contributed by atoms with Crippen LogP contribution in [0, 0.1) is 0 Å². The molecule has 23 heavy (non-hydrogen) atoms. The number of benzene rings is 2. The lowest BCUT2D eigenvalue weighted by molar-refractivity contribution is -0.183. The third-order valence-corrected chi connectivity index (χ3v) is 3.40. The zero-order chi connectivity index (χ0) is 17.0. The highest BCUT2D eigenvalue weighted by Gasteiger charge is 2.50. The van der Waals surface area contributed by atoms with Crippen molar-refractivity contribution in [3.63, 3.8) is 0 Å². The van der Waals surface area contributed by atoms with Crippen LogP contribution in [-0.2, 0) is 15.2 Å². The van der Waals surface area contributed by atoms with E-state index in [1.807, 2.05) is 0 Å². The smallest absolute Gasteiger partial charge is 0.351 e. The molecule has 0 aliphatic heterocycles. The fourth-order valence-electron chi connectivity index (χ4n) is 1.97. The second-order valence-electron chi connectivity index (χ2n) is 4.72. The van der Waals surface area contributed by atoms with E-state index in [0.717, 1.165) is 0 Å². The second-order valence-corrected chi connectivity index (χ2v) is 5.16. The molecule has 2 aromatic carbocycles. The maximum atomic E-state index is 12.4. The van der Waals surface area contributed by atoms with E-state index in [1.54, 1.807) is 12.1 Å². The number of aliphatic carboxylic acids is 1. The van der Waals surface area contributed by atoms with Gasteiger partial charge in [0.05, 0.1) is 0 Å². The standard InChI is InChI=1S/C16H13ClO6/c17-11-7-4-8-12(9-11)23-15(21)16(22,13(18)14(19)20)10-5-2-1-3-6-10/h1-9,13,18,22H,(H,19,20). The molecule has 0 heterocycles. The van der Waals surface area contributed by atoms with Crippen molar-refractivity contribution in [1.82, 2.24) is 0 Å². The molecule has 0 bridgehead atoms. The molecule has 0 saturated carbocycles. The second kappa shape index (κ2) is 6.78. The number of aliphatic hydroxyl groups excluding tert-OH is 1. The molecule has 2 atom stereocenters. The monoisotopic (exact) mass is 336 g/mol. The van der Waals surface area contributed by atoms with Crippen molar-refractivity contribution in [2.45, 2.75) is 11.7 Å². The number of carbonyl (C=O) groups is 2. The van der Waals surface area contributed by atoms with Gasteiger partial charge in [-0.2, -0.15) is 0 Å². The fourth-order valence-corrected chi connectivity index (χ4v) is 2.15. The lowest BCUT2D eigenvalue weighted by Crippen LogP contribution is -2.52. The SMILES string of the molecule is O=C(O)C(O)C(O)(C(=O)Oc1cccc(Cl)c1)c1ccccc1. The molecular weight excluding hydrogens is 324 g/mol. The Morgan fingerprint density at radius 3 is 2.30 bits per heavy atom. The number of rotatable bonds is 5. The van der Waals surface area contributed by atoms with E-state index in [2.05, 4.69) is 0 Å². The van der Waals surface area contributed by atoms with E-state index in [1.165, 1.54) is 42.5 Å². The Hall–Kier alpha value is -2.41. The highest BCUT2D eigenvalue weighted by atomic mass is 35.5. The average Bonchev–Trinajstić information content (AvgIpc) is 2.54. The normalized spacial score (nSPS) is 14.6. The number of hydrogen-bond acceptors (Lipinski definition) is 5. The molecule has 120 valence electrons. The van der Waals surface area contributed by atoms with Gasteiger partial charge < -0.3 is 20.1 Å². The maximum Gasteiger partial charge on any atom is 0.351 e. The average molecular weight is 337 g/mol. The number of hydrogen-bond donors (Lipinski definition) is 3. The molecule has 7 heteroatoms. The summed E-state index contributed by atoms with van der Waals surface area (Å²) in [4.78, 5) is 23.4. The zero-order valence-electron chi connectivity index (χ0n) is 11.7. The van der Waals surface area contributed by atoms with Gasteiger partial charge in [0.25, 0.3) is 0 Å². The summed E-state index contributed by atoms with van der Waals surface area (Å²) in [6.07, 6.45) is -2.41. The van der Waals surface area contributed by atoms with Crippen molar-refractivity contribution in [2.75, 3.05) is 0 Å². The van der Waals surface area contributed by atoms with Crippen molar-refractivity contribution in [3.05, 3.63) is 65.2 Å². The number of ether oxygens (including phenoxy) is 1. The van der Waals surface area contributed by atoms with Crippen molar-refractivity contribution in [2.24, 2.45) is 0 Å². The number of carbonyl (C=O) groups excluding carboxylic acids is 1. The summed E-state index contributed by atoms with van der Waals surface area (Å²) in [6.45, 7) is 0. The van der Waals surface area contributed by atoms with Gasteiger partial charge in [0, 0.05) is 5.02 Å². The summed E-state index contributed by atoms with van der Waals surface area (Å²) in [5.74, 6) is -3.09. The summed E-state index contributed by atoms with van der Waals surface area (Å²) in [7, 11) is 0. The van der Waals surface area contributed by atoms with Gasteiger partial charge in [-0.25, -0.2) is 9.59 Å². The number of carboxylic acid groups (broad SMARTS) is 1. The van der Waals surface area contributed by atoms with Gasteiger partial charge in [-0.1, -0.05) is 48.0 Å². The molecule has 2 unspecified atom stereocenters. The summed E-state index contributed by atoms with van der Waals surface area (Å²) >= 11 is 5.78. The van der Waals surface area contributed by atoms with Crippen LogP contribution in [0.2, 0.25) is 5.02 Å². The van der Waals surface area contributed by atoms with Gasteiger partial charge in [-0.3, -0.25) is 0 Å². The third kappa shape index (κ3) is 3.50. The first kappa shape index (κ1) is 17.0. The van der Waals surface area contributed by atoms with Crippen LogP contribution in [0.4, 0.5) is 0 Å². The predicted octanol–water partition coefficient (Wildman–Crippen LogP) is 1.58. The maximum absolute atomic E-state index is 12.4. The molecule has 0 amide bonds. The van der Waals surface area contributed by atoms with Crippen LogP contribution >= 0.6 is 11.6 Å². The van der Waals surface area contributed by atoms with E-state index in [0.29, 0.717) is 0 Å². The molecule has 0 aliphatic rings. The molecule has 3 N–H and O–H groups in total. The topological polar surface area (TPSA) is 104 Å². The first-order valence-electron chi connectivity index (χ1n) is 6.52. The van der Waals surface area contributed by atoms with Gasteiger partial charge >= 0.3 is 11.9 Å². The molecule has 0 spiro atoms. The van der Waals surface area contributed by atoms with Crippen LogP contribution in [0.25, 0.3) is 0 Å². The molecular formula is C16H13ClO6. The molecule has 6 nitrogen and oxygen atoms in total. The fraction of sp³-hybridized carbons (Fsp3) is 0.125. The molecule has 2 aromatic rings. The third-order valence-electron chi connectivity index (χ3n) is 3.16. The van der Waals surface area contributed by atoms with E-state index in [9.17, 15) is 19.8 Å². The molecule has 0 aliphatic carbocycles. The van der Waals surface area contributed by atoms with E-state index < -0.39 is 23.6 Å². The molecule has 2 rings (SSSR count). The number of carboxylic acids is 1. The Labute approximate surface area is 136 Å². The van der Waals surface area contributed by atoms with Gasteiger partial charge in [-0.15, -0.1) is 0 Å². The van der Waals surface area contributed by atoms with Gasteiger partial charge in [-0.05, 0) is 23.8 Å². The first-order valence-corrected chi connectivity index (χ1v) is 6.90. The Balaban J connectivity index is 2.41. The zero-order valence-corrected chi connectivity index (χ0v) is 12.5.